The van der Waals surface area contributed by atoms with Crippen LogP contribution in [0.15, 0.2) is 83.8 Å². The molecule has 8 nitrogen and oxygen atoms in total. The molecular formula is C30H34FN3O5S. The molecule has 1 aliphatic rings. The highest BCUT2D eigenvalue weighted by molar-refractivity contribution is 7.92. The van der Waals surface area contributed by atoms with Crippen molar-refractivity contribution in [3.63, 3.8) is 0 Å². The molecule has 0 bridgehead atoms. The van der Waals surface area contributed by atoms with Crippen LogP contribution in [0, 0.1) is 5.82 Å². The van der Waals surface area contributed by atoms with E-state index < -0.39 is 33.8 Å². The Morgan fingerprint density at radius 3 is 2.17 bits per heavy atom. The highest BCUT2D eigenvalue weighted by Gasteiger charge is 2.29. The van der Waals surface area contributed by atoms with Crippen molar-refractivity contribution in [2.75, 3.05) is 37.5 Å². The van der Waals surface area contributed by atoms with Crippen molar-refractivity contribution in [2.45, 2.75) is 36.6 Å². The van der Waals surface area contributed by atoms with Gasteiger partial charge in [0, 0.05) is 25.7 Å². The second kappa shape index (κ2) is 13.1. The van der Waals surface area contributed by atoms with Crippen LogP contribution in [0.3, 0.4) is 0 Å². The van der Waals surface area contributed by atoms with Gasteiger partial charge in [-0.2, -0.15) is 0 Å². The maximum Gasteiger partial charge on any atom is 0.326 e. The van der Waals surface area contributed by atoms with Crippen LogP contribution in [0.5, 0.6) is 0 Å². The zero-order valence-electron chi connectivity index (χ0n) is 22.4. The lowest BCUT2D eigenvalue weighted by atomic mass is 10.0. The van der Waals surface area contributed by atoms with Gasteiger partial charge in [0.1, 0.15) is 11.9 Å². The molecule has 1 atom stereocenters. The van der Waals surface area contributed by atoms with Crippen LogP contribution in [-0.2, 0) is 21.2 Å². The number of carboxylic acid groups (broad SMARTS) is 1. The summed E-state index contributed by atoms with van der Waals surface area (Å²) in [4.78, 5) is 28.6. The van der Waals surface area contributed by atoms with Crippen molar-refractivity contribution in [2.24, 2.45) is 0 Å². The van der Waals surface area contributed by atoms with Gasteiger partial charge in [-0.15, -0.1) is 0 Å². The van der Waals surface area contributed by atoms with E-state index in [1.807, 2.05) is 30.3 Å². The Labute approximate surface area is 234 Å². The van der Waals surface area contributed by atoms with Gasteiger partial charge in [0.25, 0.3) is 15.9 Å². The van der Waals surface area contributed by atoms with Gasteiger partial charge >= 0.3 is 5.97 Å². The summed E-state index contributed by atoms with van der Waals surface area (Å²) in [6, 6.07) is 19.3. The van der Waals surface area contributed by atoms with E-state index in [4.69, 9.17) is 0 Å². The minimum atomic E-state index is -4.00. The topological polar surface area (TPSA) is 98.2 Å². The van der Waals surface area contributed by atoms with E-state index in [9.17, 15) is 27.5 Å². The van der Waals surface area contributed by atoms with E-state index in [1.54, 1.807) is 12.1 Å². The quantitative estimate of drug-likeness (QED) is 0.351. The fourth-order valence-corrected chi connectivity index (χ4v) is 6.36. The molecule has 4 rings (SSSR count). The number of hydrogen-bond donors (Lipinski definition) is 1. The van der Waals surface area contributed by atoms with Crippen molar-refractivity contribution >= 4 is 27.6 Å². The number of halogens is 1. The molecule has 3 aromatic carbocycles. The Hall–Kier alpha value is -3.76. The van der Waals surface area contributed by atoms with E-state index in [0.29, 0.717) is 18.7 Å². The van der Waals surface area contributed by atoms with Crippen LogP contribution in [0.1, 0.15) is 35.2 Å². The first kappa shape index (κ1) is 29.2. The molecule has 1 aliphatic heterocycles. The Bertz CT molecular complexity index is 1390. The van der Waals surface area contributed by atoms with Crippen LogP contribution >= 0.6 is 0 Å². The maximum absolute atomic E-state index is 13.6. The first-order valence-corrected chi connectivity index (χ1v) is 14.8. The third kappa shape index (κ3) is 7.05. The normalized spacial score (nSPS) is 14.6. The van der Waals surface area contributed by atoms with E-state index in [1.165, 1.54) is 40.5 Å². The number of anilines is 1. The third-order valence-corrected chi connectivity index (χ3v) is 9.09. The first-order chi connectivity index (χ1) is 19.2. The highest BCUT2D eigenvalue weighted by atomic mass is 32.2. The van der Waals surface area contributed by atoms with Crippen LogP contribution in [0.2, 0.25) is 0 Å². The minimum absolute atomic E-state index is 0.0297. The number of carboxylic acids is 1. The first-order valence-electron chi connectivity index (χ1n) is 13.3. The molecule has 0 radical (unpaired) electrons. The molecule has 0 spiro atoms. The van der Waals surface area contributed by atoms with Gasteiger partial charge in [-0.25, -0.2) is 17.6 Å². The molecule has 3 aromatic rings. The van der Waals surface area contributed by atoms with Gasteiger partial charge in [-0.05, 0) is 92.9 Å². The standard InChI is InChI=1S/C30H34FN3O5S/c1-32(28(30(36)37)18-9-23-7-3-2-4-8-23)29(35)24-10-14-26(15-11-24)34(22-21-33-19-5-6-20-33)40(38,39)27-16-12-25(31)13-17-27/h2-4,7-8,10-17,28H,5-6,9,18-22H2,1H3,(H,36,37)/t28-/m0/s1. The zero-order valence-corrected chi connectivity index (χ0v) is 23.3. The molecule has 10 heteroatoms. The van der Waals surface area contributed by atoms with Crippen molar-refractivity contribution in [3.05, 3.63) is 95.8 Å². The monoisotopic (exact) mass is 567 g/mol. The zero-order chi connectivity index (χ0) is 28.7. The summed E-state index contributed by atoms with van der Waals surface area (Å²) in [5, 5.41) is 9.80. The lowest BCUT2D eigenvalue weighted by Crippen LogP contribution is -2.42. The number of carbonyl (C=O) groups is 2. The predicted molar refractivity (Wildman–Crippen MR) is 151 cm³/mol. The third-order valence-electron chi connectivity index (χ3n) is 7.24. The highest BCUT2D eigenvalue weighted by Crippen LogP contribution is 2.25. The van der Waals surface area contributed by atoms with E-state index >= 15 is 0 Å². The Morgan fingerprint density at radius 1 is 0.950 bits per heavy atom. The predicted octanol–water partition coefficient (Wildman–Crippen LogP) is 4.27. The second-order valence-corrected chi connectivity index (χ2v) is 11.8. The number of aliphatic carboxylic acids is 1. The summed E-state index contributed by atoms with van der Waals surface area (Å²) in [6.45, 7) is 2.53. The number of likely N-dealkylation sites (N-methyl/N-ethyl adjacent to an activating group) is 1. The van der Waals surface area contributed by atoms with Gasteiger partial charge in [0.2, 0.25) is 0 Å². The van der Waals surface area contributed by atoms with Crippen LogP contribution in [-0.4, -0.2) is 74.5 Å². The van der Waals surface area contributed by atoms with E-state index in [-0.39, 0.29) is 23.4 Å². The summed E-state index contributed by atoms with van der Waals surface area (Å²) in [6.07, 6.45) is 2.89. The second-order valence-electron chi connectivity index (χ2n) is 9.92. The summed E-state index contributed by atoms with van der Waals surface area (Å²) in [5.74, 6) is -2.10. The van der Waals surface area contributed by atoms with Gasteiger partial charge in [-0.1, -0.05) is 30.3 Å². The van der Waals surface area contributed by atoms with E-state index in [0.717, 1.165) is 43.6 Å². The van der Waals surface area contributed by atoms with Crippen LogP contribution in [0.4, 0.5) is 10.1 Å². The van der Waals surface area contributed by atoms with Crippen molar-refractivity contribution in [3.8, 4) is 0 Å². The van der Waals surface area contributed by atoms with Gasteiger partial charge in [0.15, 0.2) is 0 Å². The number of sulfonamides is 1. The SMILES string of the molecule is CN(C(=O)c1ccc(N(CCN2CCCC2)S(=O)(=O)c2ccc(F)cc2)cc1)[C@@H](CCc1ccccc1)C(=O)O. The van der Waals surface area contributed by atoms with Crippen LogP contribution < -0.4 is 4.31 Å². The fraction of sp³-hybridized carbons (Fsp3) is 0.333. The van der Waals surface area contributed by atoms with Gasteiger partial charge in [-0.3, -0.25) is 9.10 Å². The average molecular weight is 568 g/mol. The lowest BCUT2D eigenvalue weighted by Gasteiger charge is -2.28. The van der Waals surface area contributed by atoms with Crippen molar-refractivity contribution < 1.29 is 27.5 Å². The number of likely N-dealkylation sites (tertiary alicyclic amines) is 1. The fourth-order valence-electron chi connectivity index (χ4n) is 4.91. The minimum Gasteiger partial charge on any atom is -0.480 e. The smallest absolute Gasteiger partial charge is 0.326 e. The number of rotatable bonds is 12. The molecule has 0 aliphatic carbocycles. The molecule has 0 aromatic heterocycles. The molecule has 1 amide bonds. The number of nitrogens with zero attached hydrogens (tertiary/aromatic N) is 3. The Balaban J connectivity index is 1.53. The molecule has 1 N–H and O–H groups in total. The number of aryl methyl sites for hydroxylation is 1. The largest absolute Gasteiger partial charge is 0.480 e. The maximum atomic E-state index is 13.6. The number of carbonyl (C=O) groups excluding carboxylic acids is 1. The molecule has 0 unspecified atom stereocenters. The summed E-state index contributed by atoms with van der Waals surface area (Å²) < 4.78 is 41.9. The Morgan fingerprint density at radius 2 is 1.57 bits per heavy atom. The molecule has 1 saturated heterocycles. The Kier molecular flexibility index (Phi) is 9.54. The van der Waals surface area contributed by atoms with Gasteiger partial charge < -0.3 is 14.9 Å². The molecule has 0 saturated carbocycles. The number of amides is 1. The lowest BCUT2D eigenvalue weighted by molar-refractivity contribution is -0.142. The van der Waals surface area contributed by atoms with Crippen molar-refractivity contribution in [1.82, 2.24) is 9.80 Å². The molecule has 1 fully saturated rings. The summed E-state index contributed by atoms with van der Waals surface area (Å²) >= 11 is 0. The number of hydrogen-bond acceptors (Lipinski definition) is 5. The molecule has 212 valence electrons. The van der Waals surface area contributed by atoms with Crippen LogP contribution in [0.25, 0.3) is 0 Å². The molecule has 40 heavy (non-hydrogen) atoms. The average Bonchev–Trinajstić information content (AvgIpc) is 3.47. The number of benzene rings is 3. The molecular weight excluding hydrogens is 533 g/mol. The summed E-state index contributed by atoms with van der Waals surface area (Å²) in [5.41, 5.74) is 1.59. The van der Waals surface area contributed by atoms with Crippen molar-refractivity contribution in [1.29, 1.82) is 0 Å². The van der Waals surface area contributed by atoms with E-state index in [2.05, 4.69) is 4.90 Å². The van der Waals surface area contributed by atoms with Gasteiger partial charge in [0.05, 0.1) is 10.6 Å². The summed E-state index contributed by atoms with van der Waals surface area (Å²) in [7, 11) is -2.54. The molecule has 1 heterocycles.